The number of carbonyl (C=O) groups excluding carboxylic acids is 2. The molecular weight excluding hydrogens is 544 g/mol. The molecule has 0 atom stereocenters. The molecule has 0 radical (unpaired) electrons. The largest absolute Gasteiger partial charge is 0.507 e. The maximum absolute atomic E-state index is 13.0. The molecule has 0 fully saturated rings. The number of nitrogens with zero attached hydrogens (tertiary/aromatic N) is 1. The molecule has 0 unspecified atom stereocenters. The van der Waals surface area contributed by atoms with E-state index < -0.39 is 35.9 Å². The zero-order chi connectivity index (χ0) is 31.7. The maximum Gasteiger partial charge on any atom is 0.410 e. The van der Waals surface area contributed by atoms with Gasteiger partial charge in [0.25, 0.3) is 5.19 Å². The smallest absolute Gasteiger partial charge is 0.410 e. The first-order valence-electron chi connectivity index (χ1n) is 14.0. The predicted octanol–water partition coefficient (Wildman–Crippen LogP) is 6.74. The highest BCUT2D eigenvalue weighted by atomic mass is 32.1. The number of alkyl carbamates (subject to hydrolysis) is 1. The Morgan fingerprint density at radius 3 is 2.63 bits per heavy atom. The molecular formula is C31H28N2O7S. The molecule has 9 nitrogen and oxygen atoms in total. The number of carbonyl (C=O) groups is 2. The van der Waals surface area contributed by atoms with Gasteiger partial charge in [0.2, 0.25) is 0 Å². The van der Waals surface area contributed by atoms with Crippen LogP contribution in [0.4, 0.5) is 4.79 Å². The lowest BCUT2D eigenvalue weighted by molar-refractivity contribution is 0.102. The summed E-state index contributed by atoms with van der Waals surface area (Å²) in [5.74, 6) is -0.401. The summed E-state index contributed by atoms with van der Waals surface area (Å²) in [6, 6.07) is 18.8. The molecule has 0 saturated heterocycles. The molecule has 210 valence electrons. The Morgan fingerprint density at radius 1 is 1.15 bits per heavy atom. The van der Waals surface area contributed by atoms with Gasteiger partial charge in [-0.1, -0.05) is 59.9 Å². The lowest BCUT2D eigenvalue weighted by Gasteiger charge is -2.05. The molecule has 0 aliphatic rings. The van der Waals surface area contributed by atoms with Crippen LogP contribution < -0.4 is 15.7 Å². The van der Waals surface area contributed by atoms with Crippen LogP contribution in [0.1, 0.15) is 44.9 Å². The molecule has 2 aromatic carbocycles. The molecule has 41 heavy (non-hydrogen) atoms. The lowest BCUT2D eigenvalue weighted by Crippen LogP contribution is -2.16. The Kier molecular flexibility index (Phi) is 8.49. The number of amides is 1. The minimum Gasteiger partial charge on any atom is -0.507 e. The van der Waals surface area contributed by atoms with Gasteiger partial charge in [-0.05, 0) is 54.7 Å². The number of aromatic nitrogens is 1. The summed E-state index contributed by atoms with van der Waals surface area (Å²) in [5, 5.41) is 13.0. The van der Waals surface area contributed by atoms with Gasteiger partial charge in [-0.25, -0.2) is 14.6 Å². The third kappa shape index (κ3) is 8.02. The summed E-state index contributed by atoms with van der Waals surface area (Å²) in [6.45, 7) is 1.52. The fraction of sp³-hybridized carbons (Fsp3) is 0.161. The number of ether oxygens (including phenoxy) is 2. The Balaban J connectivity index is 1.32. The Labute approximate surface area is 244 Å². The summed E-state index contributed by atoms with van der Waals surface area (Å²) in [7, 11) is -2.84. The highest BCUT2D eigenvalue weighted by molar-refractivity contribution is 7.14. The van der Waals surface area contributed by atoms with Crippen LogP contribution in [-0.2, 0) is 11.2 Å². The summed E-state index contributed by atoms with van der Waals surface area (Å²) < 4.78 is 35.8. The van der Waals surface area contributed by atoms with Gasteiger partial charge in [-0.2, -0.15) is 0 Å². The van der Waals surface area contributed by atoms with Crippen LogP contribution in [0.25, 0.3) is 17.2 Å². The van der Waals surface area contributed by atoms with E-state index in [1.807, 2.05) is 54.6 Å². The third-order valence-corrected chi connectivity index (χ3v) is 6.62. The van der Waals surface area contributed by atoms with Crippen LogP contribution in [0.2, 0.25) is 0 Å². The van der Waals surface area contributed by atoms with Crippen molar-refractivity contribution in [1.29, 1.82) is 0 Å². The van der Waals surface area contributed by atoms with E-state index in [4.69, 9.17) is 13.3 Å². The molecule has 2 aromatic heterocycles. The fourth-order valence-corrected chi connectivity index (χ4v) is 4.59. The number of ketones is 1. The molecule has 0 bridgehead atoms. The molecule has 4 rings (SSSR count). The summed E-state index contributed by atoms with van der Waals surface area (Å²) >= 11 is 1.21. The first kappa shape index (κ1) is 25.0. The number of thiazole rings is 1. The van der Waals surface area contributed by atoms with Crippen LogP contribution in [0.3, 0.4) is 0 Å². The number of allylic oxidation sites excluding steroid dienone is 2. The molecule has 2 N–H and O–H groups in total. The number of rotatable bonds is 11. The third-order valence-electron chi connectivity index (χ3n) is 5.80. The van der Waals surface area contributed by atoms with Crippen LogP contribution in [0.15, 0.2) is 93.9 Å². The molecule has 0 spiro atoms. The molecule has 10 heteroatoms. The molecule has 0 saturated carbocycles. The number of hydrogen-bond donors (Lipinski definition) is 2. The van der Waals surface area contributed by atoms with Crippen molar-refractivity contribution in [2.45, 2.75) is 26.2 Å². The minimum absolute atomic E-state index is 0.176. The van der Waals surface area contributed by atoms with Crippen molar-refractivity contribution in [2.75, 3.05) is 7.04 Å². The molecule has 0 aliphatic heterocycles. The first-order valence-corrected chi connectivity index (χ1v) is 13.3. The average Bonchev–Trinajstić information content (AvgIpc) is 3.40. The second-order valence-electron chi connectivity index (χ2n) is 8.77. The zero-order valence-corrected chi connectivity index (χ0v) is 22.8. The second kappa shape index (κ2) is 13.9. The normalized spacial score (nSPS) is 12.8. The van der Waals surface area contributed by atoms with Crippen molar-refractivity contribution < 1.29 is 32.7 Å². The number of nitrogens with one attached hydrogen (secondary N) is 1. The first-order chi connectivity index (χ1) is 21.0. The van der Waals surface area contributed by atoms with E-state index in [0.29, 0.717) is 28.7 Å². The van der Waals surface area contributed by atoms with E-state index in [-0.39, 0.29) is 17.8 Å². The van der Waals surface area contributed by atoms with E-state index in [9.17, 15) is 19.5 Å². The average molecular weight is 576 g/mol. The fourth-order valence-electron chi connectivity index (χ4n) is 3.80. The van der Waals surface area contributed by atoms with Gasteiger partial charge in [-0.3, -0.25) is 10.1 Å². The van der Waals surface area contributed by atoms with Crippen molar-refractivity contribution >= 4 is 29.3 Å². The summed E-state index contributed by atoms with van der Waals surface area (Å²) in [5.41, 5.74) is 0.901. The zero-order valence-electron chi connectivity index (χ0n) is 25.0. The van der Waals surface area contributed by atoms with Crippen molar-refractivity contribution in [1.82, 2.24) is 10.3 Å². The van der Waals surface area contributed by atoms with Gasteiger partial charge in [-0.15, -0.1) is 0 Å². The Bertz CT molecular complexity index is 1730. The molecule has 1 amide bonds. The van der Waals surface area contributed by atoms with Gasteiger partial charge < -0.3 is 19.0 Å². The number of methoxy groups -OCH3 is 1. The highest BCUT2D eigenvalue weighted by Crippen LogP contribution is 2.30. The maximum atomic E-state index is 13.0. The van der Waals surface area contributed by atoms with E-state index in [1.165, 1.54) is 30.5 Å². The van der Waals surface area contributed by atoms with Gasteiger partial charge in [0.15, 0.2) is 5.78 Å². The van der Waals surface area contributed by atoms with Gasteiger partial charge in [0, 0.05) is 24.9 Å². The van der Waals surface area contributed by atoms with E-state index in [1.54, 1.807) is 18.3 Å². The van der Waals surface area contributed by atoms with Crippen molar-refractivity contribution in [3.8, 4) is 27.8 Å². The lowest BCUT2D eigenvalue weighted by atomic mass is 10.0. The van der Waals surface area contributed by atoms with Crippen LogP contribution in [0.5, 0.6) is 16.7 Å². The standard InChI is InChI=1S/C31H28N2O7S/c1-20(28(35)27-26(34)18-24(39-29(27)36)11-7-4-8-16-32-30(37)38-2)17-25-19-33-31(41-25)40-23-14-12-22(13-15-23)21-9-5-3-6-10-21/h3,5-6,8-10,12-19,34H,4,7,11H2,1-2H3,(H,32,37)/b16-8+,20-17+/i2D3. The second-order valence-corrected chi connectivity index (χ2v) is 9.79. The summed E-state index contributed by atoms with van der Waals surface area (Å²) in [6.07, 6.45) is 5.93. The van der Waals surface area contributed by atoms with Crippen molar-refractivity contribution in [2.24, 2.45) is 0 Å². The van der Waals surface area contributed by atoms with Gasteiger partial charge in [0.05, 0.1) is 16.0 Å². The highest BCUT2D eigenvalue weighted by Gasteiger charge is 2.20. The molecule has 0 aliphatic carbocycles. The van der Waals surface area contributed by atoms with Crippen LogP contribution in [0, 0.1) is 0 Å². The topological polar surface area (TPSA) is 128 Å². The number of aromatic hydroxyl groups is 1. The Morgan fingerprint density at radius 2 is 1.90 bits per heavy atom. The van der Waals surface area contributed by atoms with Crippen molar-refractivity contribution in [3.05, 3.63) is 111 Å². The van der Waals surface area contributed by atoms with E-state index in [2.05, 4.69) is 15.0 Å². The minimum atomic E-state index is -2.84. The summed E-state index contributed by atoms with van der Waals surface area (Å²) in [4.78, 5) is 41.7. The Hall–Kier alpha value is -4.96. The van der Waals surface area contributed by atoms with E-state index in [0.717, 1.165) is 11.1 Å². The number of aryl methyl sites for hydroxylation is 1. The van der Waals surface area contributed by atoms with Gasteiger partial charge in [0.1, 0.15) is 22.8 Å². The van der Waals surface area contributed by atoms with Crippen molar-refractivity contribution in [3.63, 3.8) is 0 Å². The van der Waals surface area contributed by atoms with Crippen LogP contribution in [-0.4, -0.2) is 29.0 Å². The quantitative estimate of drug-likeness (QED) is 0.114. The van der Waals surface area contributed by atoms with Gasteiger partial charge >= 0.3 is 11.7 Å². The number of hydrogen-bond acceptors (Lipinski definition) is 9. The predicted molar refractivity (Wildman–Crippen MR) is 156 cm³/mol. The monoisotopic (exact) mass is 575 g/mol. The molecule has 4 aromatic rings. The SMILES string of the molecule is [2H]C([2H])([2H])OC(=O)N/C=C/CCCc1cc(O)c(C(=O)/C(C)=C/c2cnc(Oc3ccc(-c4ccccc4)cc3)s2)c(=O)o1. The number of Topliss-reactive ketones (excluding diaryl/α,β-unsaturated/α-hetero) is 1. The van der Waals surface area contributed by atoms with E-state index >= 15 is 0 Å². The molecule has 2 heterocycles. The number of benzene rings is 2. The number of unbranched alkanes of at least 4 members (excludes halogenated alkanes) is 1. The van der Waals surface area contributed by atoms with Crippen LogP contribution >= 0.6 is 11.3 Å².